The first-order chi connectivity index (χ1) is 14.2. The van der Waals surface area contributed by atoms with Gasteiger partial charge < -0.3 is 20.6 Å². The third-order valence-corrected chi connectivity index (χ3v) is 5.89. The molecule has 0 fully saturated rings. The second-order valence-corrected chi connectivity index (χ2v) is 9.90. The van der Waals surface area contributed by atoms with Gasteiger partial charge in [0.05, 0.1) is 12.0 Å². The summed E-state index contributed by atoms with van der Waals surface area (Å²) in [5, 5.41) is 15.2. The lowest BCUT2D eigenvalue weighted by Crippen LogP contribution is -2.60. The lowest BCUT2D eigenvalue weighted by molar-refractivity contribution is -0.143. The van der Waals surface area contributed by atoms with E-state index < -0.39 is 34.8 Å². The highest BCUT2D eigenvalue weighted by Crippen LogP contribution is 2.28. The fourth-order valence-corrected chi connectivity index (χ4v) is 3.57. The van der Waals surface area contributed by atoms with Crippen LogP contribution in [0.4, 0.5) is 0 Å². The smallest absolute Gasteiger partial charge is 0.306 e. The van der Waals surface area contributed by atoms with Crippen LogP contribution in [0, 0.1) is 11.3 Å². The number of hydrogen-bond donors (Lipinski definition) is 3. The normalized spacial score (nSPS) is 15.0. The molecule has 7 heteroatoms. The van der Waals surface area contributed by atoms with E-state index in [0.717, 1.165) is 5.56 Å². The van der Waals surface area contributed by atoms with Gasteiger partial charge in [0.25, 0.3) is 0 Å². The number of hydrogen-bond acceptors (Lipinski definition) is 4. The molecule has 3 N–H and O–H groups in total. The van der Waals surface area contributed by atoms with Crippen molar-refractivity contribution in [2.24, 2.45) is 11.3 Å². The summed E-state index contributed by atoms with van der Waals surface area (Å²) < 4.78 is 0. The van der Waals surface area contributed by atoms with E-state index in [1.54, 1.807) is 21.0 Å². The first-order valence-electron chi connectivity index (χ1n) is 10.7. The van der Waals surface area contributed by atoms with Crippen molar-refractivity contribution in [2.75, 3.05) is 20.6 Å². The predicted molar refractivity (Wildman–Crippen MR) is 123 cm³/mol. The number of nitrogens with zero attached hydrogens (tertiary/aromatic N) is 1. The summed E-state index contributed by atoms with van der Waals surface area (Å²) in [7, 11) is 3.38. The molecule has 1 aromatic carbocycles. The SMILES string of the molecule is CN[C@H](C(=O)NC(C(=O)N(C)CC[C@H](C)C(=O)O)C(C)(C)C)C(C)(C)c1ccccc1. The van der Waals surface area contributed by atoms with E-state index in [1.807, 2.05) is 65.0 Å². The van der Waals surface area contributed by atoms with Gasteiger partial charge in [-0.05, 0) is 24.4 Å². The molecule has 2 amide bonds. The summed E-state index contributed by atoms with van der Waals surface area (Å²) in [6.45, 7) is 11.6. The topological polar surface area (TPSA) is 98.7 Å². The first-order valence-corrected chi connectivity index (χ1v) is 10.7. The Kier molecular flexibility index (Phi) is 9.24. The van der Waals surface area contributed by atoms with Crippen molar-refractivity contribution in [3.8, 4) is 0 Å². The number of likely N-dealkylation sites (N-methyl/N-ethyl adjacent to an activating group) is 2. The number of benzene rings is 1. The molecule has 0 radical (unpaired) electrons. The minimum atomic E-state index is -0.887. The summed E-state index contributed by atoms with van der Waals surface area (Å²) in [5.74, 6) is -1.91. The number of rotatable bonds is 10. The van der Waals surface area contributed by atoms with Crippen molar-refractivity contribution in [1.29, 1.82) is 0 Å². The van der Waals surface area contributed by atoms with E-state index in [2.05, 4.69) is 10.6 Å². The Hall–Kier alpha value is -2.41. The number of nitrogens with one attached hydrogen (secondary N) is 2. The maximum atomic E-state index is 13.3. The zero-order chi connectivity index (χ0) is 24.0. The third-order valence-electron chi connectivity index (χ3n) is 5.89. The Morgan fingerprint density at radius 1 is 1.03 bits per heavy atom. The van der Waals surface area contributed by atoms with Crippen molar-refractivity contribution in [1.82, 2.24) is 15.5 Å². The summed E-state index contributed by atoms with van der Waals surface area (Å²) >= 11 is 0. The van der Waals surface area contributed by atoms with Crippen LogP contribution in [-0.2, 0) is 19.8 Å². The molecule has 0 saturated heterocycles. The molecule has 1 unspecified atom stereocenters. The van der Waals surface area contributed by atoms with Gasteiger partial charge in [-0.3, -0.25) is 14.4 Å². The average Bonchev–Trinajstić information content (AvgIpc) is 2.69. The zero-order valence-electron chi connectivity index (χ0n) is 20.2. The minimum absolute atomic E-state index is 0.231. The number of carboxylic acids is 1. The predicted octanol–water partition coefficient (Wildman–Crippen LogP) is 2.65. The Labute approximate surface area is 186 Å². The van der Waals surface area contributed by atoms with Gasteiger partial charge in [0.15, 0.2) is 0 Å². The molecule has 0 aliphatic heterocycles. The van der Waals surface area contributed by atoms with Crippen molar-refractivity contribution < 1.29 is 19.5 Å². The van der Waals surface area contributed by atoms with Crippen LogP contribution in [0.3, 0.4) is 0 Å². The van der Waals surface area contributed by atoms with E-state index in [9.17, 15) is 14.4 Å². The van der Waals surface area contributed by atoms with E-state index in [4.69, 9.17) is 5.11 Å². The van der Waals surface area contributed by atoms with Crippen molar-refractivity contribution in [2.45, 2.75) is 65.5 Å². The monoisotopic (exact) mass is 433 g/mol. The van der Waals surface area contributed by atoms with Crippen LogP contribution in [0.5, 0.6) is 0 Å². The zero-order valence-corrected chi connectivity index (χ0v) is 20.2. The Bertz CT molecular complexity index is 756. The van der Waals surface area contributed by atoms with Gasteiger partial charge in [0, 0.05) is 19.0 Å². The Morgan fingerprint density at radius 3 is 2.03 bits per heavy atom. The Morgan fingerprint density at radius 2 is 1.58 bits per heavy atom. The standard InChI is InChI=1S/C24H39N3O4/c1-16(22(30)31)14-15-27(8)21(29)19(23(2,3)4)26-20(28)18(25-7)24(5,6)17-12-10-9-11-13-17/h9-13,16,18-19,25H,14-15H2,1-8H3,(H,26,28)(H,30,31)/t16-,18+,19?/m0/s1. The average molecular weight is 434 g/mol. The van der Waals surface area contributed by atoms with E-state index in [0.29, 0.717) is 13.0 Å². The van der Waals surface area contributed by atoms with Crippen LogP contribution < -0.4 is 10.6 Å². The molecular weight excluding hydrogens is 394 g/mol. The molecule has 0 aliphatic carbocycles. The molecule has 3 atom stereocenters. The molecule has 0 aromatic heterocycles. The fraction of sp³-hybridized carbons (Fsp3) is 0.625. The summed E-state index contributed by atoms with van der Waals surface area (Å²) in [6, 6.07) is 8.50. The minimum Gasteiger partial charge on any atom is -0.481 e. The highest BCUT2D eigenvalue weighted by Gasteiger charge is 2.40. The van der Waals surface area contributed by atoms with Crippen LogP contribution >= 0.6 is 0 Å². The van der Waals surface area contributed by atoms with Gasteiger partial charge in [-0.2, -0.15) is 0 Å². The van der Waals surface area contributed by atoms with Crippen LogP contribution in [0.2, 0.25) is 0 Å². The molecular formula is C24H39N3O4. The molecule has 1 aromatic rings. The van der Waals surface area contributed by atoms with Gasteiger partial charge >= 0.3 is 5.97 Å². The van der Waals surface area contributed by atoms with Crippen LogP contribution in [-0.4, -0.2) is 60.5 Å². The van der Waals surface area contributed by atoms with E-state index in [-0.39, 0.29) is 11.8 Å². The van der Waals surface area contributed by atoms with Crippen LogP contribution in [0.25, 0.3) is 0 Å². The number of carboxylic acid groups (broad SMARTS) is 1. The van der Waals surface area contributed by atoms with E-state index in [1.165, 1.54) is 4.90 Å². The van der Waals surface area contributed by atoms with Gasteiger partial charge in [0.2, 0.25) is 11.8 Å². The highest BCUT2D eigenvalue weighted by atomic mass is 16.4. The molecule has 0 heterocycles. The number of carbonyl (C=O) groups is 3. The van der Waals surface area contributed by atoms with Gasteiger partial charge in [0.1, 0.15) is 6.04 Å². The van der Waals surface area contributed by atoms with Crippen LogP contribution in [0.15, 0.2) is 30.3 Å². The second-order valence-electron chi connectivity index (χ2n) is 9.90. The largest absolute Gasteiger partial charge is 0.481 e. The summed E-state index contributed by atoms with van der Waals surface area (Å²) in [5.41, 5.74) is -0.00822. The van der Waals surface area contributed by atoms with Crippen LogP contribution in [0.1, 0.15) is 53.5 Å². The summed E-state index contributed by atoms with van der Waals surface area (Å²) in [4.78, 5) is 39.1. The van der Waals surface area contributed by atoms with Gasteiger partial charge in [-0.1, -0.05) is 71.9 Å². The second kappa shape index (κ2) is 10.8. The molecule has 1 rings (SSSR count). The number of carbonyl (C=O) groups excluding carboxylic acids is 2. The van der Waals surface area contributed by atoms with Crippen molar-refractivity contribution >= 4 is 17.8 Å². The van der Waals surface area contributed by atoms with Gasteiger partial charge in [-0.15, -0.1) is 0 Å². The molecule has 31 heavy (non-hydrogen) atoms. The van der Waals surface area contributed by atoms with Crippen molar-refractivity contribution in [3.05, 3.63) is 35.9 Å². The molecule has 0 spiro atoms. The fourth-order valence-electron chi connectivity index (χ4n) is 3.57. The number of amides is 2. The summed E-state index contributed by atoms with van der Waals surface area (Å²) in [6.07, 6.45) is 0.350. The molecule has 0 bridgehead atoms. The maximum absolute atomic E-state index is 13.3. The first kappa shape index (κ1) is 26.6. The van der Waals surface area contributed by atoms with Crippen molar-refractivity contribution in [3.63, 3.8) is 0 Å². The maximum Gasteiger partial charge on any atom is 0.306 e. The highest BCUT2D eigenvalue weighted by molar-refractivity contribution is 5.91. The molecule has 174 valence electrons. The number of aliphatic carboxylic acids is 1. The van der Waals surface area contributed by atoms with E-state index >= 15 is 0 Å². The van der Waals surface area contributed by atoms with Gasteiger partial charge in [-0.25, -0.2) is 0 Å². The molecule has 7 nitrogen and oxygen atoms in total. The molecule has 0 saturated carbocycles. The quantitative estimate of drug-likeness (QED) is 0.527. The lowest BCUT2D eigenvalue weighted by atomic mass is 9.76. The third kappa shape index (κ3) is 7.06. The lowest BCUT2D eigenvalue weighted by Gasteiger charge is -2.38. The molecule has 0 aliphatic rings. The Balaban J connectivity index is 3.03.